The number of hydrogen-bond acceptors (Lipinski definition) is 2. The van der Waals surface area contributed by atoms with Crippen LogP contribution in [0.2, 0.25) is 0 Å². The molecule has 3 nitrogen and oxygen atoms in total. The molecule has 4 heteroatoms. The number of carbonyl (C=O) groups excluding carboxylic acids is 1. The van der Waals surface area contributed by atoms with Gasteiger partial charge in [0.05, 0.1) is 11.5 Å². The molecule has 2 fully saturated rings. The zero-order valence-electron chi connectivity index (χ0n) is 15.6. The minimum Gasteiger partial charge on any atom is -0.393 e. The molecule has 0 spiro atoms. The van der Waals surface area contributed by atoms with Crippen molar-refractivity contribution in [3.8, 4) is 0 Å². The van der Waals surface area contributed by atoms with Gasteiger partial charge < -0.3 is 10.0 Å². The first-order valence-electron chi connectivity index (χ1n) is 9.44. The van der Waals surface area contributed by atoms with Crippen LogP contribution >= 0.6 is 0 Å². The zero-order chi connectivity index (χ0) is 18.2. The molecule has 2 bridgehead atoms. The Kier molecular flexibility index (Phi) is 3.45. The van der Waals surface area contributed by atoms with Gasteiger partial charge in [-0.1, -0.05) is 20.8 Å². The molecule has 1 amide bonds. The zero-order valence-corrected chi connectivity index (χ0v) is 15.6. The third kappa shape index (κ3) is 1.92. The first kappa shape index (κ1) is 17.0. The van der Waals surface area contributed by atoms with E-state index in [1.807, 2.05) is 4.90 Å². The molecular formula is C21H28FNO2. The van der Waals surface area contributed by atoms with Crippen LogP contribution in [0.5, 0.6) is 0 Å². The fraction of sp³-hybridized carbons (Fsp3) is 0.667. The molecule has 1 aliphatic heterocycles. The van der Waals surface area contributed by atoms with Crippen molar-refractivity contribution >= 4 is 11.6 Å². The predicted molar refractivity (Wildman–Crippen MR) is 95.8 cm³/mol. The van der Waals surface area contributed by atoms with Gasteiger partial charge in [-0.05, 0) is 73.6 Å². The lowest BCUT2D eigenvalue weighted by Crippen LogP contribution is -2.53. The number of aliphatic hydroxyl groups excluding tert-OH is 1. The Morgan fingerprint density at radius 1 is 1.28 bits per heavy atom. The molecule has 1 aromatic rings. The van der Waals surface area contributed by atoms with Crippen LogP contribution in [0.3, 0.4) is 0 Å². The van der Waals surface area contributed by atoms with Gasteiger partial charge in [0.1, 0.15) is 5.82 Å². The molecular weight excluding hydrogens is 317 g/mol. The highest BCUT2D eigenvalue weighted by atomic mass is 19.1. The van der Waals surface area contributed by atoms with E-state index in [0.717, 1.165) is 36.9 Å². The summed E-state index contributed by atoms with van der Waals surface area (Å²) in [5, 5.41) is 10.7. The molecule has 4 rings (SSSR count). The molecule has 1 aromatic carbocycles. The highest BCUT2D eigenvalue weighted by Crippen LogP contribution is 2.72. The summed E-state index contributed by atoms with van der Waals surface area (Å²) >= 11 is 0. The molecule has 4 atom stereocenters. The Bertz CT molecular complexity index is 745. The van der Waals surface area contributed by atoms with Crippen LogP contribution in [0.15, 0.2) is 18.2 Å². The average molecular weight is 345 g/mol. The molecule has 1 heterocycles. The fourth-order valence-corrected chi connectivity index (χ4v) is 5.86. The van der Waals surface area contributed by atoms with Crippen molar-refractivity contribution in [3.63, 3.8) is 0 Å². The van der Waals surface area contributed by atoms with Crippen LogP contribution < -0.4 is 4.90 Å². The average Bonchev–Trinajstić information content (AvgIpc) is 2.85. The lowest BCUT2D eigenvalue weighted by Gasteiger charge is -2.45. The van der Waals surface area contributed by atoms with Crippen LogP contribution in [-0.4, -0.2) is 23.2 Å². The molecule has 0 radical (unpaired) electrons. The molecule has 4 unspecified atom stereocenters. The number of carbonyl (C=O) groups is 1. The summed E-state index contributed by atoms with van der Waals surface area (Å²) < 4.78 is 13.7. The van der Waals surface area contributed by atoms with Gasteiger partial charge in [0.25, 0.3) is 0 Å². The monoisotopic (exact) mass is 345 g/mol. The molecule has 1 N–H and O–H groups in total. The number of aliphatic hydroxyl groups is 1. The highest BCUT2D eigenvalue weighted by molar-refractivity contribution is 6.00. The number of rotatable bonds is 1. The maximum atomic E-state index is 13.9. The number of nitrogens with zero attached hydrogens (tertiary/aromatic N) is 1. The summed E-state index contributed by atoms with van der Waals surface area (Å²) in [7, 11) is 0. The first-order valence-corrected chi connectivity index (χ1v) is 9.44. The Morgan fingerprint density at radius 2 is 2.00 bits per heavy atom. The summed E-state index contributed by atoms with van der Waals surface area (Å²) in [4.78, 5) is 15.8. The smallest absolute Gasteiger partial charge is 0.234 e. The van der Waals surface area contributed by atoms with Gasteiger partial charge in [0, 0.05) is 11.7 Å². The van der Waals surface area contributed by atoms with E-state index in [0.29, 0.717) is 6.42 Å². The lowest BCUT2D eigenvalue weighted by molar-refractivity contribution is -0.133. The van der Waals surface area contributed by atoms with E-state index >= 15 is 0 Å². The van der Waals surface area contributed by atoms with Crippen molar-refractivity contribution in [2.24, 2.45) is 16.2 Å². The quantitative estimate of drug-likeness (QED) is 0.833. The number of halogens is 1. The van der Waals surface area contributed by atoms with E-state index in [1.54, 1.807) is 12.1 Å². The lowest BCUT2D eigenvalue weighted by atomic mass is 9.64. The summed E-state index contributed by atoms with van der Waals surface area (Å²) in [5.74, 6) is -0.123. The molecule has 136 valence electrons. The van der Waals surface area contributed by atoms with Gasteiger partial charge >= 0.3 is 0 Å². The van der Waals surface area contributed by atoms with E-state index in [4.69, 9.17) is 0 Å². The Hall–Kier alpha value is -1.42. The second kappa shape index (κ2) is 5.06. The summed E-state index contributed by atoms with van der Waals surface area (Å²) in [5.41, 5.74) is 0.768. The van der Waals surface area contributed by atoms with Gasteiger partial charge in [-0.3, -0.25) is 4.79 Å². The molecule has 2 aliphatic carbocycles. The van der Waals surface area contributed by atoms with Crippen LogP contribution in [0.1, 0.15) is 58.9 Å². The maximum absolute atomic E-state index is 13.9. The van der Waals surface area contributed by atoms with Crippen molar-refractivity contribution in [3.05, 3.63) is 29.6 Å². The first-order chi connectivity index (χ1) is 11.6. The Balaban J connectivity index is 1.80. The number of amides is 1. The normalized spacial score (nSPS) is 38.7. The van der Waals surface area contributed by atoms with Crippen molar-refractivity contribution in [1.29, 1.82) is 0 Å². The third-order valence-corrected chi connectivity index (χ3v) is 8.17. The molecule has 3 aliphatic rings. The van der Waals surface area contributed by atoms with Gasteiger partial charge in [-0.2, -0.15) is 0 Å². The van der Waals surface area contributed by atoms with Crippen molar-refractivity contribution in [2.75, 3.05) is 4.90 Å². The van der Waals surface area contributed by atoms with E-state index in [9.17, 15) is 14.3 Å². The number of aryl methyl sites for hydroxylation is 1. The van der Waals surface area contributed by atoms with Gasteiger partial charge in [0.15, 0.2) is 0 Å². The second-order valence-corrected chi connectivity index (χ2v) is 9.18. The van der Waals surface area contributed by atoms with Crippen LogP contribution in [0.4, 0.5) is 10.1 Å². The summed E-state index contributed by atoms with van der Waals surface area (Å²) in [6.45, 7) is 8.50. The highest BCUT2D eigenvalue weighted by Gasteiger charge is 2.72. The van der Waals surface area contributed by atoms with Crippen molar-refractivity contribution < 1.29 is 14.3 Å². The van der Waals surface area contributed by atoms with E-state index < -0.39 is 11.5 Å². The molecule has 25 heavy (non-hydrogen) atoms. The number of fused-ring (bicyclic) bond motifs is 3. The molecule has 2 saturated carbocycles. The summed E-state index contributed by atoms with van der Waals surface area (Å²) in [6.07, 6.45) is 3.45. The van der Waals surface area contributed by atoms with E-state index in [-0.39, 0.29) is 28.6 Å². The van der Waals surface area contributed by atoms with Crippen LogP contribution in [-0.2, 0) is 11.2 Å². The number of anilines is 1. The Labute approximate surface area is 149 Å². The van der Waals surface area contributed by atoms with Gasteiger partial charge in [0.2, 0.25) is 5.91 Å². The molecule has 0 aromatic heterocycles. The SMILES string of the molecule is CC1CCc2cc(F)ccc2N1C(=O)C12CCC(C)(C(O)C1)C2(C)C. The van der Waals surface area contributed by atoms with E-state index in [2.05, 4.69) is 27.7 Å². The van der Waals surface area contributed by atoms with Gasteiger partial charge in [-0.15, -0.1) is 0 Å². The van der Waals surface area contributed by atoms with Crippen LogP contribution in [0.25, 0.3) is 0 Å². The van der Waals surface area contributed by atoms with Crippen molar-refractivity contribution in [1.82, 2.24) is 0 Å². The minimum atomic E-state index is -0.529. The number of benzene rings is 1. The topological polar surface area (TPSA) is 40.5 Å². The largest absolute Gasteiger partial charge is 0.393 e. The van der Waals surface area contributed by atoms with Crippen molar-refractivity contribution in [2.45, 2.75) is 71.9 Å². The Morgan fingerprint density at radius 3 is 2.60 bits per heavy atom. The minimum absolute atomic E-state index is 0.0974. The predicted octanol–water partition coefficient (Wildman–Crippen LogP) is 4.07. The van der Waals surface area contributed by atoms with Crippen LogP contribution in [0, 0.1) is 22.1 Å². The maximum Gasteiger partial charge on any atom is 0.234 e. The third-order valence-electron chi connectivity index (χ3n) is 8.17. The molecule has 0 saturated heterocycles. The number of hydrogen-bond donors (Lipinski definition) is 1. The fourth-order valence-electron chi connectivity index (χ4n) is 5.86. The summed E-state index contributed by atoms with van der Waals surface area (Å²) in [6, 6.07) is 4.86. The standard InChI is InChI=1S/C21H28FNO2/c1-13-5-6-14-11-15(22)7-8-16(14)23(13)18(25)21-10-9-20(4,17(24)12-21)19(21,2)3/h7-8,11,13,17,24H,5-6,9-10,12H2,1-4H3. The van der Waals surface area contributed by atoms with E-state index in [1.165, 1.54) is 6.07 Å². The second-order valence-electron chi connectivity index (χ2n) is 9.18. The van der Waals surface area contributed by atoms with Gasteiger partial charge in [-0.25, -0.2) is 4.39 Å².